The van der Waals surface area contributed by atoms with Crippen molar-refractivity contribution in [3.05, 3.63) is 29.3 Å². The molecule has 0 unspecified atom stereocenters. The van der Waals surface area contributed by atoms with Gasteiger partial charge in [0.15, 0.2) is 0 Å². The van der Waals surface area contributed by atoms with Crippen molar-refractivity contribution in [3.8, 4) is 5.75 Å². The van der Waals surface area contributed by atoms with Crippen LogP contribution in [0.25, 0.3) is 0 Å². The Morgan fingerprint density at radius 3 is 2.87 bits per heavy atom. The lowest BCUT2D eigenvalue weighted by molar-refractivity contribution is 0.253. The molecular weight excluding hydrogens is 186 g/mol. The lowest BCUT2D eigenvalue weighted by atomic mass is 9.64. The summed E-state index contributed by atoms with van der Waals surface area (Å²) in [5, 5.41) is 0. The molecule has 1 aromatic rings. The molecule has 3 rings (SSSR count). The molecule has 1 aliphatic carbocycles. The minimum absolute atomic E-state index is 0.289. The molecule has 2 nitrogen and oxygen atoms in total. The molecule has 15 heavy (non-hydrogen) atoms. The molecule has 0 radical (unpaired) electrons. The third-order valence-electron chi connectivity index (χ3n) is 4.00. The summed E-state index contributed by atoms with van der Waals surface area (Å²) in [5.74, 6) is 1.07. The first-order valence-corrected chi connectivity index (χ1v) is 5.80. The zero-order chi connectivity index (χ0) is 10.3. The molecule has 2 aliphatic rings. The van der Waals surface area contributed by atoms with Crippen LogP contribution in [0, 0.1) is 0 Å². The summed E-state index contributed by atoms with van der Waals surface area (Å²) in [6.07, 6.45) is 4.89. The van der Waals surface area contributed by atoms with Gasteiger partial charge in [0, 0.05) is 18.4 Å². The van der Waals surface area contributed by atoms with Gasteiger partial charge in [0.1, 0.15) is 5.75 Å². The first kappa shape index (κ1) is 9.22. The molecule has 0 amide bonds. The van der Waals surface area contributed by atoms with Crippen molar-refractivity contribution in [1.82, 2.24) is 0 Å². The Bertz CT molecular complexity index is 377. The summed E-state index contributed by atoms with van der Waals surface area (Å²) in [5.41, 5.74) is 9.00. The van der Waals surface area contributed by atoms with Gasteiger partial charge in [-0.1, -0.05) is 18.6 Å². The molecule has 1 saturated carbocycles. The Hall–Kier alpha value is -1.02. The monoisotopic (exact) mass is 203 g/mol. The maximum Gasteiger partial charge on any atom is 0.122 e. The van der Waals surface area contributed by atoms with Crippen LogP contribution >= 0.6 is 0 Å². The molecular formula is C13H17NO. The number of rotatable bonds is 2. The first-order chi connectivity index (χ1) is 7.34. The van der Waals surface area contributed by atoms with E-state index < -0.39 is 0 Å². The zero-order valence-electron chi connectivity index (χ0n) is 8.96. The van der Waals surface area contributed by atoms with Crippen LogP contribution in [0.15, 0.2) is 18.2 Å². The topological polar surface area (TPSA) is 35.2 Å². The predicted molar refractivity (Wildman–Crippen MR) is 60.2 cm³/mol. The van der Waals surface area contributed by atoms with Crippen molar-refractivity contribution in [2.24, 2.45) is 5.73 Å². The summed E-state index contributed by atoms with van der Waals surface area (Å²) in [6, 6.07) is 6.64. The van der Waals surface area contributed by atoms with E-state index in [9.17, 15) is 0 Å². The molecule has 0 aromatic heterocycles. The second kappa shape index (κ2) is 3.24. The largest absolute Gasteiger partial charge is 0.493 e. The summed E-state index contributed by atoms with van der Waals surface area (Å²) in [6.45, 7) is 1.63. The Morgan fingerprint density at radius 1 is 1.33 bits per heavy atom. The SMILES string of the molecule is NCC1(c2ccc3c(c2)CCO3)CCC1. The summed E-state index contributed by atoms with van der Waals surface area (Å²) in [7, 11) is 0. The predicted octanol–water partition coefficient (Wildman–Crippen LogP) is 2.00. The van der Waals surface area contributed by atoms with E-state index in [1.807, 2.05) is 0 Å². The normalized spacial score (nSPS) is 21.7. The fourth-order valence-corrected chi connectivity index (χ4v) is 2.73. The van der Waals surface area contributed by atoms with Gasteiger partial charge in [0.2, 0.25) is 0 Å². The van der Waals surface area contributed by atoms with Crippen LogP contribution in [0.1, 0.15) is 30.4 Å². The third-order valence-corrected chi connectivity index (χ3v) is 4.00. The van der Waals surface area contributed by atoms with Crippen LogP contribution in [0.4, 0.5) is 0 Å². The Labute approximate surface area is 90.4 Å². The van der Waals surface area contributed by atoms with Crippen LogP contribution in [-0.4, -0.2) is 13.2 Å². The molecule has 2 N–H and O–H groups in total. The Kier molecular flexibility index (Phi) is 1.99. The molecule has 1 fully saturated rings. The molecule has 0 saturated heterocycles. The minimum atomic E-state index is 0.289. The fraction of sp³-hybridized carbons (Fsp3) is 0.538. The van der Waals surface area contributed by atoms with Crippen LogP contribution < -0.4 is 10.5 Å². The van der Waals surface area contributed by atoms with Crippen LogP contribution in [0.2, 0.25) is 0 Å². The average Bonchev–Trinajstić information content (AvgIpc) is 2.64. The van der Waals surface area contributed by atoms with Gasteiger partial charge < -0.3 is 10.5 Å². The quantitative estimate of drug-likeness (QED) is 0.798. The van der Waals surface area contributed by atoms with Gasteiger partial charge >= 0.3 is 0 Å². The van der Waals surface area contributed by atoms with E-state index in [0.29, 0.717) is 0 Å². The maximum atomic E-state index is 5.91. The molecule has 80 valence electrons. The lowest BCUT2D eigenvalue weighted by Crippen LogP contribution is -2.41. The molecule has 1 heterocycles. The molecule has 1 aliphatic heterocycles. The number of nitrogens with two attached hydrogens (primary N) is 1. The Balaban J connectivity index is 1.98. The van der Waals surface area contributed by atoms with Gasteiger partial charge in [-0.05, 0) is 30.0 Å². The van der Waals surface area contributed by atoms with Crippen molar-refractivity contribution in [1.29, 1.82) is 0 Å². The summed E-state index contributed by atoms with van der Waals surface area (Å²) < 4.78 is 5.52. The van der Waals surface area contributed by atoms with E-state index in [1.165, 1.54) is 30.4 Å². The molecule has 0 atom stereocenters. The highest BCUT2D eigenvalue weighted by Crippen LogP contribution is 2.44. The smallest absolute Gasteiger partial charge is 0.122 e. The zero-order valence-corrected chi connectivity index (χ0v) is 8.96. The Morgan fingerprint density at radius 2 is 2.20 bits per heavy atom. The number of ether oxygens (including phenoxy) is 1. The number of hydrogen-bond acceptors (Lipinski definition) is 2. The average molecular weight is 203 g/mol. The van der Waals surface area contributed by atoms with Gasteiger partial charge in [-0.25, -0.2) is 0 Å². The molecule has 1 aromatic carbocycles. The van der Waals surface area contributed by atoms with Crippen LogP contribution in [0.3, 0.4) is 0 Å². The number of hydrogen-bond donors (Lipinski definition) is 1. The minimum Gasteiger partial charge on any atom is -0.493 e. The lowest BCUT2D eigenvalue weighted by Gasteiger charge is -2.41. The maximum absolute atomic E-state index is 5.91. The van der Waals surface area contributed by atoms with Crippen molar-refractivity contribution in [3.63, 3.8) is 0 Å². The van der Waals surface area contributed by atoms with Gasteiger partial charge in [-0.3, -0.25) is 0 Å². The van der Waals surface area contributed by atoms with Gasteiger partial charge in [-0.2, -0.15) is 0 Å². The number of fused-ring (bicyclic) bond motifs is 1. The first-order valence-electron chi connectivity index (χ1n) is 5.80. The van der Waals surface area contributed by atoms with E-state index in [1.54, 1.807) is 0 Å². The van der Waals surface area contributed by atoms with E-state index >= 15 is 0 Å². The second-order valence-electron chi connectivity index (χ2n) is 4.76. The van der Waals surface area contributed by atoms with Gasteiger partial charge in [-0.15, -0.1) is 0 Å². The molecule has 0 bridgehead atoms. The second-order valence-corrected chi connectivity index (χ2v) is 4.76. The molecule has 0 spiro atoms. The van der Waals surface area contributed by atoms with Crippen molar-refractivity contribution in [2.75, 3.05) is 13.2 Å². The van der Waals surface area contributed by atoms with Crippen molar-refractivity contribution >= 4 is 0 Å². The van der Waals surface area contributed by atoms with Gasteiger partial charge in [0.25, 0.3) is 0 Å². The van der Waals surface area contributed by atoms with Crippen molar-refractivity contribution < 1.29 is 4.74 Å². The third kappa shape index (κ3) is 1.28. The van der Waals surface area contributed by atoms with Crippen molar-refractivity contribution in [2.45, 2.75) is 31.1 Å². The van der Waals surface area contributed by atoms with E-state index in [2.05, 4.69) is 18.2 Å². The van der Waals surface area contributed by atoms with E-state index in [-0.39, 0.29) is 5.41 Å². The van der Waals surface area contributed by atoms with E-state index in [4.69, 9.17) is 10.5 Å². The highest BCUT2D eigenvalue weighted by molar-refractivity contribution is 5.43. The summed E-state index contributed by atoms with van der Waals surface area (Å²) >= 11 is 0. The van der Waals surface area contributed by atoms with Crippen LogP contribution in [0.5, 0.6) is 5.75 Å². The van der Waals surface area contributed by atoms with Gasteiger partial charge in [0.05, 0.1) is 6.61 Å². The highest BCUT2D eigenvalue weighted by atomic mass is 16.5. The summed E-state index contributed by atoms with van der Waals surface area (Å²) in [4.78, 5) is 0. The molecule has 2 heteroatoms. The number of benzene rings is 1. The standard InChI is InChI=1S/C13H17NO/c14-9-13(5-1-6-13)11-2-3-12-10(8-11)4-7-15-12/h2-3,8H,1,4-7,9,14H2. The van der Waals surface area contributed by atoms with Crippen LogP contribution in [-0.2, 0) is 11.8 Å². The highest BCUT2D eigenvalue weighted by Gasteiger charge is 2.37. The van der Waals surface area contributed by atoms with E-state index in [0.717, 1.165) is 25.3 Å². The fourth-order valence-electron chi connectivity index (χ4n) is 2.73.